The van der Waals surface area contributed by atoms with Gasteiger partial charge >= 0.3 is 0 Å². The van der Waals surface area contributed by atoms with E-state index in [2.05, 4.69) is 30.8 Å². The van der Waals surface area contributed by atoms with E-state index in [9.17, 15) is 9.18 Å². The van der Waals surface area contributed by atoms with E-state index in [0.29, 0.717) is 42.4 Å². The summed E-state index contributed by atoms with van der Waals surface area (Å²) >= 11 is 3.47. The Hall–Kier alpha value is -3.00. The molecule has 1 atom stereocenters. The van der Waals surface area contributed by atoms with Crippen LogP contribution < -0.4 is 9.64 Å². The predicted molar refractivity (Wildman–Crippen MR) is 120 cm³/mol. The van der Waals surface area contributed by atoms with Crippen molar-refractivity contribution in [3.05, 3.63) is 76.3 Å². The molecule has 3 aromatic rings. The second kappa shape index (κ2) is 9.01. The van der Waals surface area contributed by atoms with Gasteiger partial charge in [-0.3, -0.25) is 4.79 Å². The van der Waals surface area contributed by atoms with E-state index < -0.39 is 0 Å². The molecule has 160 valence electrons. The van der Waals surface area contributed by atoms with Crippen LogP contribution in [0.2, 0.25) is 0 Å². The number of amides is 1. The van der Waals surface area contributed by atoms with Crippen LogP contribution in [0.5, 0.6) is 11.6 Å². The van der Waals surface area contributed by atoms with Gasteiger partial charge in [0.25, 0.3) is 5.91 Å². The molecule has 1 fully saturated rings. The Morgan fingerprint density at radius 1 is 1.16 bits per heavy atom. The predicted octanol–water partition coefficient (Wildman–Crippen LogP) is 4.83. The topological polar surface area (TPSA) is 58.6 Å². The van der Waals surface area contributed by atoms with Crippen molar-refractivity contribution in [3.8, 4) is 11.6 Å². The average Bonchev–Trinajstić information content (AvgIpc) is 2.76. The maximum atomic E-state index is 13.3. The van der Waals surface area contributed by atoms with Crippen molar-refractivity contribution in [2.24, 2.45) is 0 Å². The molecule has 1 aromatic heterocycles. The zero-order chi connectivity index (χ0) is 22.0. The zero-order valence-electron chi connectivity index (χ0n) is 17.3. The molecule has 0 saturated carbocycles. The van der Waals surface area contributed by atoms with Crippen molar-refractivity contribution >= 4 is 27.7 Å². The lowest BCUT2D eigenvalue weighted by Crippen LogP contribution is -2.54. The Balaban J connectivity index is 1.46. The van der Waals surface area contributed by atoms with Crippen molar-refractivity contribution in [1.82, 2.24) is 14.9 Å². The van der Waals surface area contributed by atoms with E-state index >= 15 is 0 Å². The fourth-order valence-electron chi connectivity index (χ4n) is 3.66. The van der Waals surface area contributed by atoms with Gasteiger partial charge in [0.15, 0.2) is 0 Å². The van der Waals surface area contributed by atoms with Gasteiger partial charge in [-0.25, -0.2) is 14.4 Å². The number of benzene rings is 2. The van der Waals surface area contributed by atoms with Crippen LogP contribution in [-0.2, 0) is 0 Å². The number of anilines is 1. The first-order chi connectivity index (χ1) is 14.9. The van der Waals surface area contributed by atoms with E-state index in [1.54, 1.807) is 19.1 Å². The van der Waals surface area contributed by atoms with Crippen LogP contribution in [0.15, 0.2) is 59.3 Å². The molecule has 1 amide bonds. The van der Waals surface area contributed by atoms with Gasteiger partial charge < -0.3 is 14.5 Å². The summed E-state index contributed by atoms with van der Waals surface area (Å²) < 4.78 is 20.0. The summed E-state index contributed by atoms with van der Waals surface area (Å²) in [4.78, 5) is 25.6. The first kappa shape index (κ1) is 21.2. The van der Waals surface area contributed by atoms with Gasteiger partial charge in [-0.1, -0.05) is 12.1 Å². The van der Waals surface area contributed by atoms with Crippen LogP contribution in [0.3, 0.4) is 0 Å². The molecule has 31 heavy (non-hydrogen) atoms. The number of halogens is 2. The summed E-state index contributed by atoms with van der Waals surface area (Å²) in [5.74, 6) is 1.36. The quantitative estimate of drug-likeness (QED) is 0.530. The highest BCUT2D eigenvalue weighted by atomic mass is 79.9. The second-order valence-corrected chi connectivity index (χ2v) is 8.35. The average molecular weight is 485 g/mol. The molecule has 1 aliphatic rings. The highest BCUT2D eigenvalue weighted by molar-refractivity contribution is 9.10. The van der Waals surface area contributed by atoms with Crippen LogP contribution in [-0.4, -0.2) is 46.5 Å². The number of piperazine rings is 1. The summed E-state index contributed by atoms with van der Waals surface area (Å²) in [7, 11) is 0. The molecule has 0 unspecified atom stereocenters. The van der Waals surface area contributed by atoms with Gasteiger partial charge in [0.05, 0.1) is 5.56 Å². The molecule has 0 radical (unpaired) electrons. The minimum Gasteiger partial charge on any atom is -0.439 e. The number of carbonyl (C=O) groups excluding carboxylic acids is 1. The first-order valence-corrected chi connectivity index (χ1v) is 10.8. The van der Waals surface area contributed by atoms with Crippen LogP contribution in [0, 0.1) is 12.7 Å². The Kier molecular flexibility index (Phi) is 6.18. The Bertz CT molecular complexity index is 1110. The zero-order valence-corrected chi connectivity index (χ0v) is 18.8. The number of rotatable bonds is 4. The molecular formula is C23H22BrFN4O2. The van der Waals surface area contributed by atoms with E-state index in [1.807, 2.05) is 36.1 Å². The number of hydrogen-bond acceptors (Lipinski definition) is 5. The molecule has 6 nitrogen and oxygen atoms in total. The van der Waals surface area contributed by atoms with Crippen molar-refractivity contribution in [3.63, 3.8) is 0 Å². The highest BCUT2D eigenvalue weighted by Crippen LogP contribution is 2.27. The number of aryl methyl sites for hydroxylation is 1. The minimum absolute atomic E-state index is 0.00651. The molecule has 0 N–H and O–H groups in total. The van der Waals surface area contributed by atoms with E-state index in [4.69, 9.17) is 4.74 Å². The van der Waals surface area contributed by atoms with Gasteiger partial charge in [0, 0.05) is 36.2 Å². The SMILES string of the molecule is Cc1cc(F)ccc1Oc1cc(N2CCN(C(=O)c3ccccc3Br)[C@H](C)C2)ncn1. The Morgan fingerprint density at radius 2 is 1.97 bits per heavy atom. The van der Waals surface area contributed by atoms with Crippen molar-refractivity contribution < 1.29 is 13.9 Å². The van der Waals surface area contributed by atoms with E-state index in [0.717, 1.165) is 10.3 Å². The van der Waals surface area contributed by atoms with Gasteiger partial charge in [0.1, 0.15) is 23.7 Å². The molecule has 1 saturated heterocycles. The van der Waals surface area contributed by atoms with Gasteiger partial charge in [-0.05, 0) is 65.7 Å². The molecule has 0 aliphatic carbocycles. The normalized spacial score (nSPS) is 16.3. The molecule has 1 aliphatic heterocycles. The minimum atomic E-state index is -0.308. The van der Waals surface area contributed by atoms with Crippen LogP contribution >= 0.6 is 15.9 Å². The molecule has 0 spiro atoms. The number of hydrogen-bond donors (Lipinski definition) is 0. The van der Waals surface area contributed by atoms with Gasteiger partial charge in [0.2, 0.25) is 5.88 Å². The molecule has 2 heterocycles. The van der Waals surface area contributed by atoms with Crippen LogP contribution in [0.4, 0.5) is 10.2 Å². The van der Waals surface area contributed by atoms with Crippen molar-refractivity contribution in [1.29, 1.82) is 0 Å². The summed E-state index contributed by atoms with van der Waals surface area (Å²) in [6.07, 6.45) is 1.45. The maximum absolute atomic E-state index is 13.3. The standard InChI is InChI=1S/C23H22BrFN4O2/c1-15-11-17(25)7-8-20(15)31-22-12-21(26-14-27-22)28-9-10-29(16(2)13-28)23(30)18-5-3-4-6-19(18)24/h3-8,11-12,14,16H,9-10,13H2,1-2H3/t16-/m1/s1. The molecule has 2 aromatic carbocycles. The summed E-state index contributed by atoms with van der Waals surface area (Å²) in [6, 6.07) is 13.6. The fourth-order valence-corrected chi connectivity index (χ4v) is 4.11. The molecule has 8 heteroatoms. The number of nitrogens with zero attached hydrogens (tertiary/aromatic N) is 4. The van der Waals surface area contributed by atoms with Gasteiger partial charge in [-0.15, -0.1) is 0 Å². The van der Waals surface area contributed by atoms with Crippen LogP contribution in [0.1, 0.15) is 22.8 Å². The lowest BCUT2D eigenvalue weighted by Gasteiger charge is -2.40. The third-order valence-electron chi connectivity index (χ3n) is 5.30. The Morgan fingerprint density at radius 3 is 2.71 bits per heavy atom. The van der Waals surface area contributed by atoms with Crippen molar-refractivity contribution in [2.45, 2.75) is 19.9 Å². The number of carbonyl (C=O) groups is 1. The number of aromatic nitrogens is 2. The maximum Gasteiger partial charge on any atom is 0.255 e. The van der Waals surface area contributed by atoms with E-state index in [-0.39, 0.29) is 17.8 Å². The third-order valence-corrected chi connectivity index (χ3v) is 5.99. The summed E-state index contributed by atoms with van der Waals surface area (Å²) in [5, 5.41) is 0. The lowest BCUT2D eigenvalue weighted by molar-refractivity contribution is 0.0672. The summed E-state index contributed by atoms with van der Waals surface area (Å²) in [5.41, 5.74) is 1.35. The summed E-state index contributed by atoms with van der Waals surface area (Å²) in [6.45, 7) is 5.68. The first-order valence-electron chi connectivity index (χ1n) is 9.99. The second-order valence-electron chi connectivity index (χ2n) is 7.50. The number of ether oxygens (including phenoxy) is 1. The van der Waals surface area contributed by atoms with Crippen molar-refractivity contribution in [2.75, 3.05) is 24.5 Å². The lowest BCUT2D eigenvalue weighted by atomic mass is 10.1. The van der Waals surface area contributed by atoms with Gasteiger partial charge in [-0.2, -0.15) is 0 Å². The third kappa shape index (κ3) is 4.69. The molecule has 4 rings (SSSR count). The largest absolute Gasteiger partial charge is 0.439 e. The monoisotopic (exact) mass is 484 g/mol. The smallest absolute Gasteiger partial charge is 0.255 e. The van der Waals surface area contributed by atoms with E-state index in [1.165, 1.54) is 18.5 Å². The molecular weight excluding hydrogens is 463 g/mol. The fraction of sp³-hybridized carbons (Fsp3) is 0.261. The highest BCUT2D eigenvalue weighted by Gasteiger charge is 2.29. The molecule has 0 bridgehead atoms. The van der Waals surface area contributed by atoms with Crippen LogP contribution in [0.25, 0.3) is 0 Å². The Labute approximate surface area is 188 Å².